The van der Waals surface area contributed by atoms with Crippen LogP contribution in [-0.4, -0.2) is 18.1 Å². The molecule has 3 N–H and O–H groups in total. The van der Waals surface area contributed by atoms with E-state index in [9.17, 15) is 0 Å². The van der Waals surface area contributed by atoms with Crippen molar-refractivity contribution in [3.05, 3.63) is 16.1 Å². The molecule has 2 rings (SSSR count). The minimum Gasteiger partial charge on any atom is -0.330 e. The predicted octanol–water partition coefficient (Wildman–Crippen LogP) is 2.31. The molecule has 1 fully saturated rings. The summed E-state index contributed by atoms with van der Waals surface area (Å²) in [4.78, 5) is 4.57. The van der Waals surface area contributed by atoms with Crippen molar-refractivity contribution in [2.75, 3.05) is 13.1 Å². The van der Waals surface area contributed by atoms with E-state index in [1.807, 2.05) is 0 Å². The Bertz CT molecular complexity index is 339. The summed E-state index contributed by atoms with van der Waals surface area (Å²) in [6.45, 7) is 5.05. The molecule has 1 heterocycles. The summed E-state index contributed by atoms with van der Waals surface area (Å²) in [7, 11) is 0. The summed E-state index contributed by atoms with van der Waals surface area (Å²) in [5.74, 6) is 0. The van der Waals surface area contributed by atoms with Crippen molar-refractivity contribution >= 4 is 11.3 Å². The standard InChI is InChI=1S/C13H23N3S/c1-2-13(5-3-6-13)10-15-8-11-9-17-12(16-11)4-7-14/h9,15H,2-8,10,14H2,1H3. The fourth-order valence-electron chi connectivity index (χ4n) is 2.46. The van der Waals surface area contributed by atoms with E-state index < -0.39 is 0 Å². The maximum absolute atomic E-state index is 5.52. The van der Waals surface area contributed by atoms with Gasteiger partial charge in [-0.1, -0.05) is 13.3 Å². The zero-order valence-corrected chi connectivity index (χ0v) is 11.5. The number of nitrogens with two attached hydrogens (primary N) is 1. The molecule has 4 heteroatoms. The summed E-state index contributed by atoms with van der Waals surface area (Å²) in [5, 5.41) is 6.88. The molecule has 0 amide bonds. The first-order valence-electron chi connectivity index (χ1n) is 6.62. The van der Waals surface area contributed by atoms with Crippen LogP contribution < -0.4 is 11.1 Å². The lowest BCUT2D eigenvalue weighted by atomic mass is 9.67. The number of thiazole rings is 1. The number of aromatic nitrogens is 1. The molecule has 0 saturated heterocycles. The molecule has 0 atom stereocenters. The lowest BCUT2D eigenvalue weighted by Crippen LogP contribution is -2.39. The Labute approximate surface area is 108 Å². The van der Waals surface area contributed by atoms with E-state index in [2.05, 4.69) is 22.6 Å². The largest absolute Gasteiger partial charge is 0.330 e. The van der Waals surface area contributed by atoms with Crippen molar-refractivity contribution in [3.63, 3.8) is 0 Å². The molecule has 1 aromatic rings. The Morgan fingerprint density at radius 1 is 1.53 bits per heavy atom. The first-order valence-corrected chi connectivity index (χ1v) is 7.50. The lowest BCUT2D eigenvalue weighted by molar-refractivity contribution is 0.123. The molecule has 0 unspecified atom stereocenters. The summed E-state index contributed by atoms with van der Waals surface area (Å²) < 4.78 is 0. The van der Waals surface area contributed by atoms with Crippen LogP contribution >= 0.6 is 11.3 Å². The van der Waals surface area contributed by atoms with Crippen molar-refractivity contribution in [1.29, 1.82) is 0 Å². The smallest absolute Gasteiger partial charge is 0.0941 e. The van der Waals surface area contributed by atoms with Crippen LogP contribution in [0, 0.1) is 5.41 Å². The van der Waals surface area contributed by atoms with Gasteiger partial charge in [-0.05, 0) is 31.2 Å². The average molecular weight is 253 g/mol. The quantitative estimate of drug-likeness (QED) is 0.784. The molecule has 0 spiro atoms. The molecule has 0 bridgehead atoms. The van der Waals surface area contributed by atoms with E-state index in [1.165, 1.54) is 31.4 Å². The van der Waals surface area contributed by atoms with Crippen LogP contribution in [0.1, 0.15) is 43.3 Å². The molecule has 96 valence electrons. The minimum absolute atomic E-state index is 0.593. The van der Waals surface area contributed by atoms with Gasteiger partial charge in [0.15, 0.2) is 0 Å². The highest BCUT2D eigenvalue weighted by molar-refractivity contribution is 7.09. The van der Waals surface area contributed by atoms with Gasteiger partial charge in [0.25, 0.3) is 0 Å². The Morgan fingerprint density at radius 3 is 2.94 bits per heavy atom. The molecular weight excluding hydrogens is 230 g/mol. The normalized spacial score (nSPS) is 18.0. The zero-order chi connectivity index (χ0) is 12.1. The van der Waals surface area contributed by atoms with Gasteiger partial charge in [-0.2, -0.15) is 0 Å². The number of hydrogen-bond acceptors (Lipinski definition) is 4. The third kappa shape index (κ3) is 3.27. The van der Waals surface area contributed by atoms with E-state index in [0.717, 1.165) is 24.5 Å². The Hall–Kier alpha value is -0.450. The van der Waals surface area contributed by atoms with E-state index in [1.54, 1.807) is 11.3 Å². The van der Waals surface area contributed by atoms with Gasteiger partial charge in [0.05, 0.1) is 10.7 Å². The molecule has 3 nitrogen and oxygen atoms in total. The Balaban J connectivity index is 1.73. The second-order valence-electron chi connectivity index (χ2n) is 5.08. The summed E-state index contributed by atoms with van der Waals surface area (Å²) in [6, 6.07) is 0. The first-order chi connectivity index (χ1) is 8.28. The zero-order valence-electron chi connectivity index (χ0n) is 10.7. The second kappa shape index (κ2) is 5.94. The summed E-state index contributed by atoms with van der Waals surface area (Å²) in [6.07, 6.45) is 6.41. The molecule has 0 aromatic carbocycles. The summed E-state index contributed by atoms with van der Waals surface area (Å²) in [5.41, 5.74) is 7.29. The van der Waals surface area contributed by atoms with Crippen molar-refractivity contribution in [2.45, 2.75) is 45.6 Å². The molecule has 1 aliphatic rings. The van der Waals surface area contributed by atoms with Gasteiger partial charge >= 0.3 is 0 Å². The first kappa shape index (κ1) is 13.0. The van der Waals surface area contributed by atoms with Gasteiger partial charge in [0, 0.05) is 24.9 Å². The number of hydrogen-bond donors (Lipinski definition) is 2. The maximum Gasteiger partial charge on any atom is 0.0941 e. The highest BCUT2D eigenvalue weighted by atomic mass is 32.1. The van der Waals surface area contributed by atoms with Crippen LogP contribution in [0.2, 0.25) is 0 Å². The second-order valence-corrected chi connectivity index (χ2v) is 6.02. The third-order valence-corrected chi connectivity index (χ3v) is 4.89. The minimum atomic E-state index is 0.593. The average Bonchev–Trinajstić information content (AvgIpc) is 2.71. The van der Waals surface area contributed by atoms with E-state index >= 15 is 0 Å². The van der Waals surface area contributed by atoms with E-state index in [4.69, 9.17) is 5.73 Å². The van der Waals surface area contributed by atoms with Gasteiger partial charge in [-0.3, -0.25) is 0 Å². The number of rotatable bonds is 7. The van der Waals surface area contributed by atoms with Crippen LogP contribution in [0.5, 0.6) is 0 Å². The molecule has 0 aliphatic heterocycles. The van der Waals surface area contributed by atoms with Crippen molar-refractivity contribution in [1.82, 2.24) is 10.3 Å². The van der Waals surface area contributed by atoms with Gasteiger partial charge in [0.2, 0.25) is 0 Å². The highest BCUT2D eigenvalue weighted by Gasteiger charge is 2.34. The fourth-order valence-corrected chi connectivity index (χ4v) is 3.27. The van der Waals surface area contributed by atoms with Gasteiger partial charge in [-0.15, -0.1) is 11.3 Å². The SMILES string of the molecule is CCC1(CNCc2csc(CCN)n2)CCC1. The lowest BCUT2D eigenvalue weighted by Gasteiger charge is -2.41. The molecule has 17 heavy (non-hydrogen) atoms. The predicted molar refractivity (Wildman–Crippen MR) is 73.2 cm³/mol. The van der Waals surface area contributed by atoms with Crippen molar-refractivity contribution in [3.8, 4) is 0 Å². The third-order valence-electron chi connectivity index (χ3n) is 3.93. The Morgan fingerprint density at radius 2 is 2.35 bits per heavy atom. The number of nitrogens with zero attached hydrogens (tertiary/aromatic N) is 1. The van der Waals surface area contributed by atoms with Crippen molar-refractivity contribution in [2.24, 2.45) is 11.1 Å². The van der Waals surface area contributed by atoms with Crippen LogP contribution in [0.25, 0.3) is 0 Å². The van der Waals surface area contributed by atoms with Crippen molar-refractivity contribution < 1.29 is 0 Å². The van der Waals surface area contributed by atoms with Crippen LogP contribution in [0.4, 0.5) is 0 Å². The fraction of sp³-hybridized carbons (Fsp3) is 0.769. The van der Waals surface area contributed by atoms with Crippen LogP contribution in [-0.2, 0) is 13.0 Å². The van der Waals surface area contributed by atoms with Gasteiger partial charge < -0.3 is 11.1 Å². The Kier molecular flexibility index (Phi) is 4.54. The van der Waals surface area contributed by atoms with Gasteiger partial charge in [-0.25, -0.2) is 4.98 Å². The number of nitrogens with one attached hydrogen (secondary N) is 1. The highest BCUT2D eigenvalue weighted by Crippen LogP contribution is 2.43. The van der Waals surface area contributed by atoms with Crippen LogP contribution in [0.3, 0.4) is 0 Å². The van der Waals surface area contributed by atoms with E-state index in [0.29, 0.717) is 12.0 Å². The monoisotopic (exact) mass is 253 g/mol. The molecular formula is C13H23N3S. The molecule has 1 aromatic heterocycles. The van der Waals surface area contributed by atoms with Gasteiger partial charge in [0.1, 0.15) is 0 Å². The molecule has 1 aliphatic carbocycles. The molecule has 1 saturated carbocycles. The summed E-state index contributed by atoms with van der Waals surface area (Å²) >= 11 is 1.73. The maximum atomic E-state index is 5.52. The van der Waals surface area contributed by atoms with E-state index in [-0.39, 0.29) is 0 Å². The topological polar surface area (TPSA) is 50.9 Å². The van der Waals surface area contributed by atoms with Crippen LogP contribution in [0.15, 0.2) is 5.38 Å². The molecule has 0 radical (unpaired) electrons.